The minimum atomic E-state index is -0.149. The van der Waals surface area contributed by atoms with Crippen LogP contribution in [0.4, 0.5) is 0 Å². The lowest BCUT2D eigenvalue weighted by molar-refractivity contribution is -0.146. The molecule has 2 aliphatic rings. The quantitative estimate of drug-likeness (QED) is 0.757. The molecule has 0 aromatic rings. The lowest BCUT2D eigenvalue weighted by atomic mass is 10.0. The SMILES string of the molecule is CC1CN(C(=O)COC2(C)CNC2)CCCO1. The molecule has 1 N–H and O–H groups in total. The second-order valence-electron chi connectivity index (χ2n) is 5.22. The largest absolute Gasteiger partial charge is 0.377 e. The molecule has 0 aliphatic carbocycles. The fourth-order valence-corrected chi connectivity index (χ4v) is 2.13. The molecule has 0 bridgehead atoms. The van der Waals surface area contributed by atoms with Crippen LogP contribution in [0, 0.1) is 0 Å². The highest BCUT2D eigenvalue weighted by Crippen LogP contribution is 2.15. The van der Waals surface area contributed by atoms with Crippen molar-refractivity contribution in [2.24, 2.45) is 0 Å². The Kier molecular flexibility index (Phi) is 4.01. The van der Waals surface area contributed by atoms with Gasteiger partial charge in [-0.25, -0.2) is 0 Å². The minimum Gasteiger partial charge on any atom is -0.377 e. The van der Waals surface area contributed by atoms with Crippen molar-refractivity contribution >= 4 is 5.91 Å². The molecule has 1 atom stereocenters. The van der Waals surface area contributed by atoms with Crippen LogP contribution >= 0.6 is 0 Å². The van der Waals surface area contributed by atoms with Gasteiger partial charge in [0, 0.05) is 32.8 Å². The molecule has 1 amide bonds. The van der Waals surface area contributed by atoms with E-state index in [2.05, 4.69) is 5.32 Å². The summed E-state index contributed by atoms with van der Waals surface area (Å²) in [5.74, 6) is 0.0791. The van der Waals surface area contributed by atoms with E-state index in [0.29, 0.717) is 6.54 Å². The van der Waals surface area contributed by atoms with Crippen molar-refractivity contribution in [1.82, 2.24) is 10.2 Å². The Morgan fingerprint density at radius 2 is 2.35 bits per heavy atom. The third-order valence-electron chi connectivity index (χ3n) is 3.35. The number of ether oxygens (including phenoxy) is 2. The van der Waals surface area contributed by atoms with Crippen LogP contribution in [0.25, 0.3) is 0 Å². The number of carbonyl (C=O) groups excluding carboxylic acids is 1. The highest BCUT2D eigenvalue weighted by molar-refractivity contribution is 5.77. The topological polar surface area (TPSA) is 50.8 Å². The Morgan fingerprint density at radius 3 is 3.00 bits per heavy atom. The van der Waals surface area contributed by atoms with Crippen LogP contribution in [-0.4, -0.2) is 61.9 Å². The molecule has 0 radical (unpaired) electrons. The van der Waals surface area contributed by atoms with E-state index in [1.54, 1.807) is 0 Å². The average molecular weight is 242 g/mol. The molecule has 5 nitrogen and oxygen atoms in total. The van der Waals surface area contributed by atoms with E-state index in [4.69, 9.17) is 9.47 Å². The lowest BCUT2D eigenvalue weighted by Crippen LogP contribution is -2.59. The van der Waals surface area contributed by atoms with Gasteiger partial charge in [0.05, 0.1) is 11.7 Å². The maximum atomic E-state index is 12.0. The predicted octanol–water partition coefficient (Wildman–Crippen LogP) is 0.00230. The Hall–Kier alpha value is -0.650. The molecule has 2 rings (SSSR count). The second kappa shape index (κ2) is 5.33. The summed E-state index contributed by atoms with van der Waals surface area (Å²) in [6.07, 6.45) is 1.04. The molecule has 2 saturated heterocycles. The van der Waals surface area contributed by atoms with Gasteiger partial charge in [0.1, 0.15) is 6.61 Å². The Bertz CT molecular complexity index is 279. The van der Waals surface area contributed by atoms with Crippen molar-refractivity contribution in [3.63, 3.8) is 0 Å². The third kappa shape index (κ3) is 3.40. The summed E-state index contributed by atoms with van der Waals surface area (Å²) in [6.45, 7) is 8.09. The number of rotatable bonds is 3. The summed E-state index contributed by atoms with van der Waals surface area (Å²) in [6, 6.07) is 0. The molecule has 0 aromatic heterocycles. The third-order valence-corrected chi connectivity index (χ3v) is 3.35. The molecule has 98 valence electrons. The number of nitrogens with one attached hydrogen (secondary N) is 1. The summed E-state index contributed by atoms with van der Waals surface area (Å²) >= 11 is 0. The van der Waals surface area contributed by atoms with Crippen molar-refractivity contribution in [3.8, 4) is 0 Å². The molecule has 2 aliphatic heterocycles. The number of nitrogens with zero attached hydrogens (tertiary/aromatic N) is 1. The molecule has 0 aromatic carbocycles. The molecule has 2 heterocycles. The Balaban J connectivity index is 1.77. The molecular weight excluding hydrogens is 220 g/mol. The van der Waals surface area contributed by atoms with E-state index in [0.717, 1.165) is 32.7 Å². The fraction of sp³-hybridized carbons (Fsp3) is 0.917. The van der Waals surface area contributed by atoms with Crippen LogP contribution in [0.15, 0.2) is 0 Å². The van der Waals surface area contributed by atoms with Crippen LogP contribution < -0.4 is 5.32 Å². The van der Waals surface area contributed by atoms with E-state index < -0.39 is 0 Å². The molecular formula is C12H22N2O3. The summed E-state index contributed by atoms with van der Waals surface area (Å²) in [4.78, 5) is 13.9. The first-order valence-corrected chi connectivity index (χ1v) is 6.33. The number of hydrogen-bond acceptors (Lipinski definition) is 4. The van der Waals surface area contributed by atoms with Gasteiger partial charge in [0.2, 0.25) is 5.91 Å². The highest BCUT2D eigenvalue weighted by atomic mass is 16.5. The lowest BCUT2D eigenvalue weighted by Gasteiger charge is -2.39. The number of carbonyl (C=O) groups is 1. The maximum absolute atomic E-state index is 12.0. The predicted molar refractivity (Wildman–Crippen MR) is 63.8 cm³/mol. The zero-order chi connectivity index (χ0) is 12.3. The molecule has 5 heteroatoms. The van der Waals surface area contributed by atoms with E-state index in [-0.39, 0.29) is 24.2 Å². The minimum absolute atomic E-state index is 0.0791. The van der Waals surface area contributed by atoms with Crippen LogP contribution in [-0.2, 0) is 14.3 Å². The van der Waals surface area contributed by atoms with Gasteiger partial charge in [-0.2, -0.15) is 0 Å². The monoisotopic (exact) mass is 242 g/mol. The van der Waals surface area contributed by atoms with Crippen molar-refractivity contribution in [3.05, 3.63) is 0 Å². The average Bonchev–Trinajstić information content (AvgIpc) is 2.48. The maximum Gasteiger partial charge on any atom is 0.248 e. The smallest absolute Gasteiger partial charge is 0.248 e. The van der Waals surface area contributed by atoms with Gasteiger partial charge in [-0.05, 0) is 20.3 Å². The van der Waals surface area contributed by atoms with Crippen molar-refractivity contribution in [2.75, 3.05) is 39.4 Å². The zero-order valence-electron chi connectivity index (χ0n) is 10.7. The highest BCUT2D eigenvalue weighted by Gasteiger charge is 2.33. The van der Waals surface area contributed by atoms with Gasteiger partial charge in [-0.15, -0.1) is 0 Å². The first kappa shape index (κ1) is 12.8. The standard InChI is InChI=1S/C12H22N2O3/c1-10-6-14(4-3-5-16-10)11(15)7-17-12(2)8-13-9-12/h10,13H,3-9H2,1-2H3. The van der Waals surface area contributed by atoms with Gasteiger partial charge in [-0.1, -0.05) is 0 Å². The Labute approximate surface area is 102 Å². The Morgan fingerprint density at radius 1 is 1.59 bits per heavy atom. The summed E-state index contributed by atoms with van der Waals surface area (Å²) in [5.41, 5.74) is -0.149. The van der Waals surface area contributed by atoms with Crippen LogP contribution in [0.2, 0.25) is 0 Å². The molecule has 0 spiro atoms. The van der Waals surface area contributed by atoms with E-state index in [1.807, 2.05) is 18.7 Å². The number of amides is 1. The van der Waals surface area contributed by atoms with E-state index in [1.165, 1.54) is 0 Å². The summed E-state index contributed by atoms with van der Waals surface area (Å²) in [5, 5.41) is 3.15. The summed E-state index contributed by atoms with van der Waals surface area (Å²) in [7, 11) is 0. The van der Waals surface area contributed by atoms with E-state index >= 15 is 0 Å². The zero-order valence-corrected chi connectivity index (χ0v) is 10.7. The van der Waals surface area contributed by atoms with E-state index in [9.17, 15) is 4.79 Å². The van der Waals surface area contributed by atoms with Gasteiger partial charge in [-0.3, -0.25) is 4.79 Å². The molecule has 0 saturated carbocycles. The van der Waals surface area contributed by atoms with Crippen molar-refractivity contribution < 1.29 is 14.3 Å². The van der Waals surface area contributed by atoms with Crippen LogP contribution in [0.3, 0.4) is 0 Å². The van der Waals surface area contributed by atoms with Gasteiger partial charge < -0.3 is 19.7 Å². The van der Waals surface area contributed by atoms with Gasteiger partial charge in [0.15, 0.2) is 0 Å². The fourth-order valence-electron chi connectivity index (χ4n) is 2.13. The van der Waals surface area contributed by atoms with Crippen LogP contribution in [0.1, 0.15) is 20.3 Å². The number of hydrogen-bond donors (Lipinski definition) is 1. The van der Waals surface area contributed by atoms with Crippen molar-refractivity contribution in [1.29, 1.82) is 0 Å². The first-order chi connectivity index (χ1) is 8.09. The van der Waals surface area contributed by atoms with Gasteiger partial charge in [0.25, 0.3) is 0 Å². The molecule has 17 heavy (non-hydrogen) atoms. The van der Waals surface area contributed by atoms with Gasteiger partial charge >= 0.3 is 0 Å². The van der Waals surface area contributed by atoms with Crippen molar-refractivity contribution in [2.45, 2.75) is 32.0 Å². The molecule has 2 fully saturated rings. The summed E-state index contributed by atoms with van der Waals surface area (Å²) < 4.78 is 11.2. The normalized spacial score (nSPS) is 28.4. The van der Waals surface area contributed by atoms with Crippen LogP contribution in [0.5, 0.6) is 0 Å². The second-order valence-corrected chi connectivity index (χ2v) is 5.22. The first-order valence-electron chi connectivity index (χ1n) is 6.33. The molecule has 1 unspecified atom stereocenters.